The van der Waals surface area contributed by atoms with Gasteiger partial charge in [-0.3, -0.25) is 19.2 Å². The molecule has 0 N–H and O–H groups in total. The molecule has 5 rings (SSSR count). The van der Waals surface area contributed by atoms with Gasteiger partial charge >= 0.3 is 23.9 Å². The highest BCUT2D eigenvalue weighted by Crippen LogP contribution is 2.66. The van der Waals surface area contributed by atoms with Crippen LogP contribution in [0, 0.1) is 47.3 Å². The second kappa shape index (κ2) is 3.54. The summed E-state index contributed by atoms with van der Waals surface area (Å²) in [5.74, 6) is -2.53. The van der Waals surface area contributed by atoms with Crippen LogP contribution >= 0.6 is 0 Å². The Bertz CT molecular complexity index is 557. The van der Waals surface area contributed by atoms with E-state index in [9.17, 15) is 19.2 Å². The fourth-order valence-electron chi connectivity index (χ4n) is 5.96. The molecule has 0 aromatic carbocycles. The quantitative estimate of drug-likeness (QED) is 0.471. The lowest BCUT2D eigenvalue weighted by Crippen LogP contribution is -2.34. The average Bonchev–Trinajstić information content (AvgIpc) is 3.01. The van der Waals surface area contributed by atoms with Crippen molar-refractivity contribution in [2.75, 3.05) is 0 Å². The van der Waals surface area contributed by atoms with Gasteiger partial charge in [-0.1, -0.05) is 0 Å². The zero-order valence-electron chi connectivity index (χ0n) is 11.2. The van der Waals surface area contributed by atoms with Crippen molar-refractivity contribution in [2.24, 2.45) is 47.3 Å². The first-order valence-electron chi connectivity index (χ1n) is 7.57. The third kappa shape index (κ3) is 1.25. The van der Waals surface area contributed by atoms with Crippen LogP contribution in [0.3, 0.4) is 0 Å². The van der Waals surface area contributed by atoms with Gasteiger partial charge in [-0.25, -0.2) is 0 Å². The predicted molar refractivity (Wildman–Crippen MR) is 64.0 cm³/mol. The summed E-state index contributed by atoms with van der Waals surface area (Å²) < 4.78 is 9.71. The number of carbonyl (C=O) groups is 4. The lowest BCUT2D eigenvalue weighted by molar-refractivity contribution is -0.172. The van der Waals surface area contributed by atoms with Crippen LogP contribution in [0.5, 0.6) is 0 Å². The Hall–Kier alpha value is -1.72. The Morgan fingerprint density at radius 3 is 1.38 bits per heavy atom. The Labute approximate surface area is 120 Å². The molecule has 8 atom stereocenters. The predicted octanol–water partition coefficient (Wildman–Crippen LogP) is 0.294. The number of hydrogen-bond acceptors (Lipinski definition) is 6. The largest absolute Gasteiger partial charge is 0.393 e. The Morgan fingerprint density at radius 1 is 0.571 bits per heavy atom. The molecule has 4 bridgehead atoms. The first-order valence-corrected chi connectivity index (χ1v) is 7.57. The van der Waals surface area contributed by atoms with Crippen molar-refractivity contribution >= 4 is 23.9 Å². The van der Waals surface area contributed by atoms with Crippen molar-refractivity contribution in [1.29, 1.82) is 0 Å². The van der Waals surface area contributed by atoms with Crippen molar-refractivity contribution < 1.29 is 28.7 Å². The molecule has 110 valence electrons. The van der Waals surface area contributed by atoms with E-state index in [1.807, 2.05) is 0 Å². The zero-order chi connectivity index (χ0) is 14.5. The van der Waals surface area contributed by atoms with Gasteiger partial charge in [0.05, 0.1) is 23.7 Å². The minimum absolute atomic E-state index is 0.00685. The van der Waals surface area contributed by atoms with E-state index in [4.69, 9.17) is 9.47 Å². The highest BCUT2D eigenvalue weighted by Gasteiger charge is 2.69. The van der Waals surface area contributed by atoms with Crippen molar-refractivity contribution in [2.45, 2.75) is 19.3 Å². The molecule has 5 aliphatic rings. The van der Waals surface area contributed by atoms with E-state index in [-0.39, 0.29) is 47.3 Å². The van der Waals surface area contributed by atoms with Crippen LogP contribution in [-0.4, -0.2) is 23.9 Å². The lowest BCUT2D eigenvalue weighted by Gasteiger charge is -2.26. The van der Waals surface area contributed by atoms with Crippen molar-refractivity contribution in [3.63, 3.8) is 0 Å². The summed E-state index contributed by atoms with van der Waals surface area (Å²) in [7, 11) is 0. The third-order valence-electron chi connectivity index (χ3n) is 6.57. The molecular weight excluding hydrogens is 276 g/mol. The Kier molecular flexibility index (Phi) is 2.00. The number of esters is 4. The van der Waals surface area contributed by atoms with Crippen LogP contribution < -0.4 is 0 Å². The van der Waals surface area contributed by atoms with Crippen LogP contribution in [0.25, 0.3) is 0 Å². The molecule has 21 heavy (non-hydrogen) atoms. The van der Waals surface area contributed by atoms with Gasteiger partial charge in [-0.15, -0.1) is 0 Å². The molecule has 2 aliphatic heterocycles. The molecule has 2 heterocycles. The van der Waals surface area contributed by atoms with E-state index >= 15 is 0 Å². The molecule has 3 aliphatic carbocycles. The first-order chi connectivity index (χ1) is 10.1. The highest BCUT2D eigenvalue weighted by molar-refractivity contribution is 5.94. The number of ether oxygens (including phenoxy) is 2. The minimum Gasteiger partial charge on any atom is -0.393 e. The zero-order valence-corrected chi connectivity index (χ0v) is 11.2. The fourth-order valence-corrected chi connectivity index (χ4v) is 5.96. The van der Waals surface area contributed by atoms with E-state index in [1.165, 1.54) is 0 Å². The van der Waals surface area contributed by atoms with Gasteiger partial charge < -0.3 is 9.47 Å². The van der Waals surface area contributed by atoms with Crippen LogP contribution in [0.2, 0.25) is 0 Å². The molecule has 5 fully saturated rings. The number of hydrogen-bond donors (Lipinski definition) is 0. The summed E-state index contributed by atoms with van der Waals surface area (Å²) in [5.41, 5.74) is 0. The molecule has 0 spiro atoms. The number of cyclic esters (lactones) is 4. The molecule has 2 saturated heterocycles. The number of rotatable bonds is 0. The van der Waals surface area contributed by atoms with E-state index in [1.54, 1.807) is 0 Å². The molecule has 0 aromatic heterocycles. The van der Waals surface area contributed by atoms with E-state index < -0.39 is 23.9 Å². The number of fused-ring (bicyclic) bond motifs is 11. The maximum atomic E-state index is 12.0. The second-order valence-corrected chi connectivity index (χ2v) is 7.10. The molecule has 0 radical (unpaired) electrons. The second-order valence-electron chi connectivity index (χ2n) is 7.10. The summed E-state index contributed by atoms with van der Waals surface area (Å²) in [5, 5.41) is 0. The normalized spacial score (nSPS) is 53.3. The summed E-state index contributed by atoms with van der Waals surface area (Å²) >= 11 is 0. The van der Waals surface area contributed by atoms with Crippen LogP contribution in [0.4, 0.5) is 0 Å². The van der Waals surface area contributed by atoms with Crippen molar-refractivity contribution in [3.8, 4) is 0 Å². The maximum Gasteiger partial charge on any atom is 0.316 e. The average molecular weight is 290 g/mol. The minimum atomic E-state index is -0.439. The molecule has 3 saturated carbocycles. The van der Waals surface area contributed by atoms with Crippen LogP contribution in [0.1, 0.15) is 19.3 Å². The highest BCUT2D eigenvalue weighted by atomic mass is 16.6. The van der Waals surface area contributed by atoms with Crippen LogP contribution in [-0.2, 0) is 28.7 Å². The van der Waals surface area contributed by atoms with Gasteiger partial charge in [0.15, 0.2) is 0 Å². The van der Waals surface area contributed by atoms with E-state index in [2.05, 4.69) is 0 Å². The molecule has 0 aromatic rings. The van der Waals surface area contributed by atoms with Gasteiger partial charge in [0.25, 0.3) is 0 Å². The Balaban J connectivity index is 1.59. The third-order valence-corrected chi connectivity index (χ3v) is 6.57. The first kappa shape index (κ1) is 11.9. The van der Waals surface area contributed by atoms with E-state index in [0.717, 1.165) is 6.42 Å². The SMILES string of the molecule is O=C1OC(=O)C2CC1C1CC3C4CC(C(=O)OC4=O)C3C21. The summed E-state index contributed by atoms with van der Waals surface area (Å²) in [6.07, 6.45) is 1.84. The van der Waals surface area contributed by atoms with Crippen LogP contribution in [0.15, 0.2) is 0 Å². The van der Waals surface area contributed by atoms with Crippen molar-refractivity contribution in [3.05, 3.63) is 0 Å². The van der Waals surface area contributed by atoms with Gasteiger partial charge in [0.1, 0.15) is 0 Å². The Morgan fingerprint density at radius 2 is 0.952 bits per heavy atom. The molecule has 6 heteroatoms. The molecule has 0 amide bonds. The fraction of sp³-hybridized carbons (Fsp3) is 0.733. The molecular formula is C15H14O6. The lowest BCUT2D eigenvalue weighted by atomic mass is 9.78. The van der Waals surface area contributed by atoms with Gasteiger partial charge in [0.2, 0.25) is 0 Å². The topological polar surface area (TPSA) is 86.7 Å². The van der Waals surface area contributed by atoms with E-state index in [0.29, 0.717) is 12.8 Å². The number of carbonyl (C=O) groups excluding carboxylic acids is 4. The van der Waals surface area contributed by atoms with Crippen molar-refractivity contribution in [1.82, 2.24) is 0 Å². The summed E-state index contributed by atoms with van der Waals surface area (Å²) in [6, 6.07) is 0. The van der Waals surface area contributed by atoms with Gasteiger partial charge in [-0.05, 0) is 42.9 Å². The van der Waals surface area contributed by atoms with Gasteiger partial charge in [-0.2, -0.15) is 0 Å². The molecule has 6 nitrogen and oxygen atoms in total. The van der Waals surface area contributed by atoms with Gasteiger partial charge in [0, 0.05) is 0 Å². The molecule has 8 unspecified atom stereocenters. The maximum absolute atomic E-state index is 12.0. The summed E-state index contributed by atoms with van der Waals surface area (Å²) in [4.78, 5) is 47.8. The smallest absolute Gasteiger partial charge is 0.316 e. The standard InChI is InChI=1S/C15H14O6/c16-12-6-2-8(14(18)20-12)10-4(6)1-5-7-3-9(11(5)10)15(19)21-13(7)17/h4-11H,1-3H2. The summed E-state index contributed by atoms with van der Waals surface area (Å²) in [6.45, 7) is 0. The monoisotopic (exact) mass is 290 g/mol.